The van der Waals surface area contributed by atoms with Crippen LogP contribution in [0.15, 0.2) is 29.2 Å². The summed E-state index contributed by atoms with van der Waals surface area (Å²) in [5.74, 6) is -1.57. The molecule has 1 heterocycles. The van der Waals surface area contributed by atoms with E-state index in [1.54, 1.807) is 0 Å². The molecule has 0 aliphatic carbocycles. The average molecular weight is 356 g/mol. The molecule has 0 aromatic heterocycles. The molecule has 1 aromatic carbocycles. The van der Waals surface area contributed by atoms with Gasteiger partial charge in [0.2, 0.25) is 10.0 Å². The van der Waals surface area contributed by atoms with E-state index in [1.807, 2.05) is 0 Å². The fraction of sp³-hybridized carbons (Fsp3) is 0.357. The van der Waals surface area contributed by atoms with Crippen LogP contribution in [0, 0.1) is 0 Å². The van der Waals surface area contributed by atoms with Crippen molar-refractivity contribution in [3.8, 4) is 0 Å². The Morgan fingerprint density at radius 1 is 1.33 bits per heavy atom. The number of hydrogen-bond acceptors (Lipinski definition) is 7. The van der Waals surface area contributed by atoms with Gasteiger partial charge in [0.15, 0.2) is 6.61 Å². The van der Waals surface area contributed by atoms with E-state index in [9.17, 15) is 22.8 Å². The Morgan fingerprint density at radius 2 is 2.04 bits per heavy atom. The van der Waals surface area contributed by atoms with Crippen molar-refractivity contribution in [2.45, 2.75) is 4.90 Å². The minimum atomic E-state index is -3.70. The molecule has 1 aromatic rings. The Hall–Kier alpha value is -2.46. The lowest BCUT2D eigenvalue weighted by atomic mass is 10.2. The van der Waals surface area contributed by atoms with Crippen LogP contribution in [0.25, 0.3) is 0 Å². The summed E-state index contributed by atoms with van der Waals surface area (Å²) in [6, 6.07) is 5.27. The standard InChI is InChI=1S/C14H16N2O7S/c1-15(2)24(20,21)11-5-3-4-10(8-11)13(18)23-9-12(17)16-6-7-22-14(16)19/h3-5,8H,6-7,9H2,1-2H3. The molecule has 10 heteroatoms. The lowest BCUT2D eigenvalue weighted by molar-refractivity contribution is -0.131. The molecule has 1 fully saturated rings. The predicted octanol–water partition coefficient (Wildman–Crippen LogP) is 0.0725. The SMILES string of the molecule is CN(C)S(=O)(=O)c1cccc(C(=O)OCC(=O)N2CCOC2=O)c1. The number of nitrogens with zero attached hydrogens (tertiary/aromatic N) is 2. The monoisotopic (exact) mass is 356 g/mol. The number of hydrogen-bond donors (Lipinski definition) is 0. The topological polar surface area (TPSA) is 110 Å². The van der Waals surface area contributed by atoms with Crippen molar-refractivity contribution >= 4 is 28.0 Å². The van der Waals surface area contributed by atoms with E-state index in [1.165, 1.54) is 32.3 Å². The summed E-state index contributed by atoms with van der Waals surface area (Å²) in [5.41, 5.74) is -0.0188. The van der Waals surface area contributed by atoms with E-state index in [0.29, 0.717) is 0 Å². The van der Waals surface area contributed by atoms with Gasteiger partial charge in [0, 0.05) is 14.1 Å². The number of rotatable bonds is 5. The Bertz CT molecular complexity index is 773. The number of carbonyl (C=O) groups is 3. The highest BCUT2D eigenvalue weighted by atomic mass is 32.2. The molecule has 0 saturated carbocycles. The molecule has 24 heavy (non-hydrogen) atoms. The molecule has 0 atom stereocenters. The summed E-state index contributed by atoms with van der Waals surface area (Å²) in [6.07, 6.45) is -0.782. The molecule has 1 saturated heterocycles. The van der Waals surface area contributed by atoms with E-state index in [4.69, 9.17) is 4.74 Å². The van der Waals surface area contributed by atoms with Crippen LogP contribution >= 0.6 is 0 Å². The number of ether oxygens (including phenoxy) is 2. The second-order valence-electron chi connectivity index (χ2n) is 5.05. The highest BCUT2D eigenvalue weighted by molar-refractivity contribution is 7.89. The van der Waals surface area contributed by atoms with Crippen molar-refractivity contribution in [2.75, 3.05) is 33.9 Å². The molecule has 2 rings (SSSR count). The zero-order chi connectivity index (χ0) is 17.9. The summed E-state index contributed by atoms with van der Waals surface area (Å²) < 4.78 is 34.5. The first-order chi connectivity index (χ1) is 11.2. The quantitative estimate of drug-likeness (QED) is 0.687. The Balaban J connectivity index is 2.05. The van der Waals surface area contributed by atoms with Crippen molar-refractivity contribution in [1.29, 1.82) is 0 Å². The minimum Gasteiger partial charge on any atom is -0.452 e. The number of esters is 1. The predicted molar refractivity (Wildman–Crippen MR) is 80.7 cm³/mol. The molecule has 0 N–H and O–H groups in total. The second kappa shape index (κ2) is 6.97. The lowest BCUT2D eigenvalue weighted by Crippen LogP contribution is -2.35. The van der Waals surface area contributed by atoms with E-state index < -0.39 is 34.6 Å². The van der Waals surface area contributed by atoms with Crippen LogP contribution in [0.3, 0.4) is 0 Å². The molecular weight excluding hydrogens is 340 g/mol. The maximum absolute atomic E-state index is 12.0. The Kier molecular flexibility index (Phi) is 5.20. The molecule has 1 aliphatic rings. The number of cyclic esters (lactones) is 1. The lowest BCUT2D eigenvalue weighted by Gasteiger charge is -2.13. The third-order valence-corrected chi connectivity index (χ3v) is 5.05. The molecule has 2 amide bonds. The maximum atomic E-state index is 12.0. The van der Waals surface area contributed by atoms with Crippen LogP contribution in [-0.4, -0.2) is 69.4 Å². The molecule has 9 nitrogen and oxygen atoms in total. The number of sulfonamides is 1. The summed E-state index contributed by atoms with van der Waals surface area (Å²) in [4.78, 5) is 35.7. The number of benzene rings is 1. The Morgan fingerprint density at radius 3 is 2.62 bits per heavy atom. The van der Waals surface area contributed by atoms with Crippen LogP contribution in [0.4, 0.5) is 4.79 Å². The van der Waals surface area contributed by atoms with Crippen LogP contribution in [0.1, 0.15) is 10.4 Å². The van der Waals surface area contributed by atoms with Gasteiger partial charge in [-0.3, -0.25) is 4.79 Å². The van der Waals surface area contributed by atoms with Crippen LogP contribution in [0.2, 0.25) is 0 Å². The maximum Gasteiger partial charge on any atom is 0.416 e. The second-order valence-corrected chi connectivity index (χ2v) is 7.20. The first kappa shape index (κ1) is 17.9. The van der Waals surface area contributed by atoms with Gasteiger partial charge in [0.1, 0.15) is 6.61 Å². The summed E-state index contributed by atoms with van der Waals surface area (Å²) in [7, 11) is -0.957. The van der Waals surface area contributed by atoms with E-state index in [0.717, 1.165) is 15.3 Å². The first-order valence-corrected chi connectivity index (χ1v) is 8.34. The molecule has 1 aliphatic heterocycles. The molecule has 0 spiro atoms. The van der Waals surface area contributed by atoms with Gasteiger partial charge < -0.3 is 9.47 Å². The van der Waals surface area contributed by atoms with Gasteiger partial charge in [0.25, 0.3) is 5.91 Å². The van der Waals surface area contributed by atoms with Gasteiger partial charge in [-0.25, -0.2) is 27.2 Å². The zero-order valence-corrected chi connectivity index (χ0v) is 13.9. The van der Waals surface area contributed by atoms with Gasteiger partial charge in [-0.2, -0.15) is 0 Å². The summed E-state index contributed by atoms with van der Waals surface area (Å²) >= 11 is 0. The van der Waals surface area contributed by atoms with E-state index >= 15 is 0 Å². The normalized spacial score (nSPS) is 14.6. The summed E-state index contributed by atoms with van der Waals surface area (Å²) in [5, 5.41) is 0. The first-order valence-electron chi connectivity index (χ1n) is 6.90. The van der Waals surface area contributed by atoms with Crippen LogP contribution in [-0.2, 0) is 24.3 Å². The Labute approximate surface area is 138 Å². The molecule has 0 unspecified atom stereocenters. The third kappa shape index (κ3) is 3.71. The average Bonchev–Trinajstić information content (AvgIpc) is 2.98. The largest absolute Gasteiger partial charge is 0.452 e. The fourth-order valence-corrected chi connectivity index (χ4v) is 2.85. The van der Waals surface area contributed by atoms with Gasteiger partial charge in [-0.05, 0) is 18.2 Å². The van der Waals surface area contributed by atoms with Crippen molar-refractivity contribution in [2.24, 2.45) is 0 Å². The smallest absolute Gasteiger partial charge is 0.416 e. The van der Waals surface area contributed by atoms with Crippen molar-refractivity contribution in [3.05, 3.63) is 29.8 Å². The van der Waals surface area contributed by atoms with Gasteiger partial charge in [-0.1, -0.05) is 6.07 Å². The number of carbonyl (C=O) groups excluding carboxylic acids is 3. The third-order valence-electron chi connectivity index (χ3n) is 3.24. The van der Waals surface area contributed by atoms with Crippen molar-refractivity contribution < 1.29 is 32.3 Å². The summed E-state index contributed by atoms with van der Waals surface area (Å²) in [6.45, 7) is -0.437. The number of amides is 2. The van der Waals surface area contributed by atoms with E-state index in [-0.39, 0.29) is 23.6 Å². The fourth-order valence-electron chi connectivity index (χ4n) is 1.90. The van der Waals surface area contributed by atoms with Crippen LogP contribution in [0.5, 0.6) is 0 Å². The van der Waals surface area contributed by atoms with Crippen molar-refractivity contribution in [3.63, 3.8) is 0 Å². The number of imide groups is 1. The minimum absolute atomic E-state index is 0.0188. The van der Waals surface area contributed by atoms with Crippen molar-refractivity contribution in [1.82, 2.24) is 9.21 Å². The van der Waals surface area contributed by atoms with E-state index in [2.05, 4.69) is 4.74 Å². The highest BCUT2D eigenvalue weighted by Gasteiger charge is 2.29. The molecule has 130 valence electrons. The van der Waals surface area contributed by atoms with Gasteiger partial charge in [-0.15, -0.1) is 0 Å². The zero-order valence-electron chi connectivity index (χ0n) is 13.1. The van der Waals surface area contributed by atoms with Crippen LogP contribution < -0.4 is 0 Å². The highest BCUT2D eigenvalue weighted by Crippen LogP contribution is 2.15. The van der Waals surface area contributed by atoms with Gasteiger partial charge >= 0.3 is 12.1 Å². The molecular formula is C14H16N2O7S. The molecule has 0 bridgehead atoms. The van der Waals surface area contributed by atoms with Gasteiger partial charge in [0.05, 0.1) is 17.0 Å². The molecule has 0 radical (unpaired) electrons.